The van der Waals surface area contributed by atoms with Crippen molar-refractivity contribution in [3.63, 3.8) is 0 Å². The SMILES string of the molecule is OCC1CCCCCC1C1=CC=CC=CC=C1. The zero-order chi connectivity index (χ0) is 11.9. The third-order valence-corrected chi connectivity index (χ3v) is 3.84. The summed E-state index contributed by atoms with van der Waals surface area (Å²) < 4.78 is 0. The summed E-state index contributed by atoms with van der Waals surface area (Å²) in [7, 11) is 0. The van der Waals surface area contributed by atoms with Gasteiger partial charge in [-0.25, -0.2) is 0 Å². The molecular weight excluding hydrogens is 208 g/mol. The van der Waals surface area contributed by atoms with E-state index in [0.29, 0.717) is 18.4 Å². The molecule has 1 N–H and O–H groups in total. The monoisotopic (exact) mass is 230 g/mol. The highest BCUT2D eigenvalue weighted by Crippen LogP contribution is 2.34. The summed E-state index contributed by atoms with van der Waals surface area (Å²) in [5.74, 6) is 0.986. The first kappa shape index (κ1) is 12.4. The van der Waals surface area contributed by atoms with Gasteiger partial charge in [0.2, 0.25) is 0 Å². The largest absolute Gasteiger partial charge is 0.396 e. The van der Waals surface area contributed by atoms with E-state index in [1.165, 1.54) is 37.7 Å². The summed E-state index contributed by atoms with van der Waals surface area (Å²) in [5, 5.41) is 9.56. The number of rotatable bonds is 2. The zero-order valence-corrected chi connectivity index (χ0v) is 10.4. The van der Waals surface area contributed by atoms with Crippen LogP contribution in [0.4, 0.5) is 0 Å². The van der Waals surface area contributed by atoms with Crippen molar-refractivity contribution < 1.29 is 5.11 Å². The van der Waals surface area contributed by atoms with Crippen LogP contribution in [0.1, 0.15) is 32.1 Å². The first-order valence-electron chi connectivity index (χ1n) is 6.74. The molecule has 0 aromatic carbocycles. The molecule has 0 aromatic heterocycles. The predicted molar refractivity (Wildman–Crippen MR) is 72.7 cm³/mol. The van der Waals surface area contributed by atoms with Crippen LogP contribution >= 0.6 is 0 Å². The Morgan fingerprint density at radius 3 is 2.59 bits per heavy atom. The Morgan fingerprint density at radius 2 is 1.71 bits per heavy atom. The van der Waals surface area contributed by atoms with Crippen LogP contribution in [0, 0.1) is 11.8 Å². The lowest BCUT2D eigenvalue weighted by molar-refractivity contribution is 0.183. The average molecular weight is 230 g/mol. The van der Waals surface area contributed by atoms with Gasteiger partial charge in [0.25, 0.3) is 0 Å². The van der Waals surface area contributed by atoms with Gasteiger partial charge in [-0.15, -0.1) is 0 Å². The molecule has 0 heterocycles. The Bertz CT molecular complexity index is 347. The van der Waals surface area contributed by atoms with Crippen molar-refractivity contribution in [2.24, 2.45) is 11.8 Å². The minimum absolute atomic E-state index is 0.329. The Labute approximate surface area is 104 Å². The summed E-state index contributed by atoms with van der Waals surface area (Å²) >= 11 is 0. The molecule has 92 valence electrons. The van der Waals surface area contributed by atoms with Gasteiger partial charge in [-0.05, 0) is 30.3 Å². The second-order valence-electron chi connectivity index (χ2n) is 4.98. The fourth-order valence-electron chi connectivity index (χ4n) is 2.87. The number of aliphatic hydroxyl groups excluding tert-OH is 1. The van der Waals surface area contributed by atoms with Crippen LogP contribution in [0.15, 0.2) is 48.1 Å². The van der Waals surface area contributed by atoms with Gasteiger partial charge in [0.1, 0.15) is 0 Å². The molecule has 0 saturated heterocycles. The molecule has 1 heteroatoms. The van der Waals surface area contributed by atoms with Gasteiger partial charge in [-0.2, -0.15) is 0 Å². The Kier molecular flexibility index (Phi) is 4.81. The summed E-state index contributed by atoms with van der Waals surface area (Å²) in [6, 6.07) is 0. The van der Waals surface area contributed by atoms with Crippen molar-refractivity contribution in [3.8, 4) is 0 Å². The van der Waals surface area contributed by atoms with Crippen LogP contribution in [0.25, 0.3) is 0 Å². The molecular formula is C16H22O. The molecule has 17 heavy (non-hydrogen) atoms. The minimum atomic E-state index is 0.329. The Balaban J connectivity index is 2.17. The Morgan fingerprint density at radius 1 is 0.941 bits per heavy atom. The van der Waals surface area contributed by atoms with Crippen molar-refractivity contribution in [1.82, 2.24) is 0 Å². The van der Waals surface area contributed by atoms with E-state index in [1.54, 1.807) is 0 Å². The lowest BCUT2D eigenvalue weighted by Crippen LogP contribution is -2.18. The van der Waals surface area contributed by atoms with Gasteiger partial charge in [0.15, 0.2) is 0 Å². The number of hydrogen-bond donors (Lipinski definition) is 1. The van der Waals surface area contributed by atoms with Gasteiger partial charge in [-0.3, -0.25) is 0 Å². The van der Waals surface area contributed by atoms with Crippen LogP contribution in [0.2, 0.25) is 0 Å². The van der Waals surface area contributed by atoms with Crippen LogP contribution < -0.4 is 0 Å². The molecule has 2 unspecified atom stereocenters. The van der Waals surface area contributed by atoms with Crippen molar-refractivity contribution in [1.29, 1.82) is 0 Å². The molecule has 2 atom stereocenters. The molecule has 0 radical (unpaired) electrons. The fraction of sp³-hybridized carbons (Fsp3) is 0.500. The van der Waals surface area contributed by atoms with Crippen LogP contribution in [0.5, 0.6) is 0 Å². The number of aliphatic hydroxyl groups is 1. The number of allylic oxidation sites excluding steroid dienone is 8. The van der Waals surface area contributed by atoms with Gasteiger partial charge >= 0.3 is 0 Å². The maximum atomic E-state index is 9.56. The van der Waals surface area contributed by atoms with E-state index in [1.807, 2.05) is 6.08 Å². The minimum Gasteiger partial charge on any atom is -0.396 e. The van der Waals surface area contributed by atoms with Crippen molar-refractivity contribution in [3.05, 3.63) is 48.1 Å². The summed E-state index contributed by atoms with van der Waals surface area (Å²) in [4.78, 5) is 0. The maximum absolute atomic E-state index is 9.56. The van der Waals surface area contributed by atoms with Gasteiger partial charge in [0.05, 0.1) is 0 Å². The molecule has 0 spiro atoms. The molecule has 1 nitrogen and oxygen atoms in total. The fourth-order valence-corrected chi connectivity index (χ4v) is 2.87. The maximum Gasteiger partial charge on any atom is 0.0465 e. The van der Waals surface area contributed by atoms with E-state index < -0.39 is 0 Å². The zero-order valence-electron chi connectivity index (χ0n) is 10.4. The molecule has 0 aliphatic heterocycles. The second kappa shape index (κ2) is 6.61. The molecule has 1 fully saturated rings. The lowest BCUT2D eigenvalue weighted by Gasteiger charge is -2.24. The third-order valence-electron chi connectivity index (χ3n) is 3.84. The molecule has 1 saturated carbocycles. The molecule has 2 rings (SSSR count). The summed E-state index contributed by atoms with van der Waals surface area (Å²) in [6.45, 7) is 0.329. The first-order valence-corrected chi connectivity index (χ1v) is 6.74. The van der Waals surface area contributed by atoms with Crippen molar-refractivity contribution in [2.75, 3.05) is 6.61 Å². The van der Waals surface area contributed by atoms with Gasteiger partial charge < -0.3 is 5.11 Å². The highest BCUT2D eigenvalue weighted by molar-refractivity contribution is 5.33. The molecule has 0 amide bonds. The van der Waals surface area contributed by atoms with Crippen LogP contribution in [0.3, 0.4) is 0 Å². The van der Waals surface area contributed by atoms with Crippen LogP contribution in [-0.4, -0.2) is 11.7 Å². The van der Waals surface area contributed by atoms with E-state index >= 15 is 0 Å². The first-order chi connectivity index (χ1) is 8.42. The highest BCUT2D eigenvalue weighted by Gasteiger charge is 2.24. The van der Waals surface area contributed by atoms with Gasteiger partial charge in [-0.1, -0.05) is 61.8 Å². The third kappa shape index (κ3) is 3.44. The Hall–Kier alpha value is -1.08. The normalized spacial score (nSPS) is 29.4. The van der Waals surface area contributed by atoms with E-state index in [-0.39, 0.29) is 0 Å². The molecule has 2 aliphatic carbocycles. The van der Waals surface area contributed by atoms with E-state index in [9.17, 15) is 5.11 Å². The summed E-state index contributed by atoms with van der Waals surface area (Å²) in [5.41, 5.74) is 1.38. The highest BCUT2D eigenvalue weighted by atomic mass is 16.3. The average Bonchev–Trinajstić information content (AvgIpc) is 2.53. The topological polar surface area (TPSA) is 20.2 Å². The second-order valence-corrected chi connectivity index (χ2v) is 4.98. The lowest BCUT2D eigenvalue weighted by atomic mass is 9.82. The smallest absolute Gasteiger partial charge is 0.0465 e. The molecule has 2 aliphatic rings. The van der Waals surface area contributed by atoms with E-state index in [4.69, 9.17) is 0 Å². The van der Waals surface area contributed by atoms with E-state index in [0.717, 1.165) is 0 Å². The predicted octanol–water partition coefficient (Wildman–Crippen LogP) is 3.78. The molecule has 0 bridgehead atoms. The van der Waals surface area contributed by atoms with Crippen LogP contribution in [-0.2, 0) is 0 Å². The van der Waals surface area contributed by atoms with Gasteiger partial charge in [0, 0.05) is 6.61 Å². The number of hydrogen-bond acceptors (Lipinski definition) is 1. The standard InChI is InChI=1S/C16H22O/c17-13-15-11-7-4-8-12-16(15)14-9-5-2-1-3-6-10-14/h1-3,5-6,9-10,15-17H,4,7-8,11-13H2. The van der Waals surface area contributed by atoms with E-state index in [2.05, 4.69) is 36.5 Å². The molecule has 0 aromatic rings. The van der Waals surface area contributed by atoms with Crippen molar-refractivity contribution >= 4 is 0 Å². The summed E-state index contributed by atoms with van der Waals surface area (Å²) in [6.07, 6.45) is 21.1. The quantitative estimate of drug-likeness (QED) is 0.716. The van der Waals surface area contributed by atoms with Crippen molar-refractivity contribution in [2.45, 2.75) is 32.1 Å².